The number of carbonyl (C=O) groups is 1. The second kappa shape index (κ2) is 7.33. The molecule has 9 heteroatoms. The highest BCUT2D eigenvalue weighted by atomic mass is 32.2. The Bertz CT molecular complexity index is 792. The van der Waals surface area contributed by atoms with Gasteiger partial charge in [0.15, 0.2) is 9.84 Å². The average Bonchev–Trinajstić information content (AvgIpc) is 2.53. The van der Waals surface area contributed by atoms with Crippen LogP contribution in [0.5, 0.6) is 0 Å². The molecule has 2 rings (SSSR count). The van der Waals surface area contributed by atoms with Crippen LogP contribution in [0.15, 0.2) is 29.2 Å². The predicted octanol–water partition coefficient (Wildman–Crippen LogP) is 4.57. The number of halogens is 3. The number of hydrogen-bond acceptors (Lipinski definition) is 3. The van der Waals surface area contributed by atoms with Gasteiger partial charge < -0.3 is 10.0 Å². The molecule has 1 fully saturated rings. The molecule has 1 amide bonds. The minimum Gasteiger partial charge on any atom is -0.465 e. The molecule has 1 saturated carbocycles. The third-order valence-electron chi connectivity index (χ3n) is 4.87. The number of alkyl halides is 3. The van der Waals surface area contributed by atoms with Crippen LogP contribution in [0.1, 0.15) is 52.0 Å². The van der Waals surface area contributed by atoms with E-state index in [2.05, 4.69) is 0 Å². The van der Waals surface area contributed by atoms with Crippen molar-refractivity contribution in [2.24, 2.45) is 0 Å². The first-order chi connectivity index (χ1) is 12.2. The smallest absolute Gasteiger partial charge is 0.416 e. The van der Waals surface area contributed by atoms with Gasteiger partial charge in [-0.2, -0.15) is 13.2 Å². The van der Waals surface area contributed by atoms with E-state index in [1.165, 1.54) is 11.0 Å². The Hall–Kier alpha value is -1.77. The van der Waals surface area contributed by atoms with E-state index in [0.29, 0.717) is 18.9 Å². The van der Waals surface area contributed by atoms with Crippen LogP contribution in [-0.4, -0.2) is 41.3 Å². The van der Waals surface area contributed by atoms with Gasteiger partial charge in [0.25, 0.3) is 0 Å². The molecule has 0 bridgehead atoms. The van der Waals surface area contributed by atoms with Crippen LogP contribution in [0.25, 0.3) is 0 Å². The van der Waals surface area contributed by atoms with Crippen molar-refractivity contribution < 1.29 is 31.5 Å². The van der Waals surface area contributed by atoms with Gasteiger partial charge in [0.1, 0.15) is 0 Å². The van der Waals surface area contributed by atoms with Crippen LogP contribution < -0.4 is 0 Å². The Kier molecular flexibility index (Phi) is 5.85. The topological polar surface area (TPSA) is 74.7 Å². The minimum absolute atomic E-state index is 0.211. The molecule has 152 valence electrons. The van der Waals surface area contributed by atoms with E-state index >= 15 is 0 Å². The van der Waals surface area contributed by atoms with Gasteiger partial charge in [-0.05, 0) is 64.7 Å². The summed E-state index contributed by atoms with van der Waals surface area (Å²) in [6.07, 6.45) is -4.55. The van der Waals surface area contributed by atoms with Gasteiger partial charge in [0.05, 0.1) is 15.7 Å². The Morgan fingerprint density at radius 1 is 1.11 bits per heavy atom. The van der Waals surface area contributed by atoms with E-state index in [0.717, 1.165) is 12.1 Å². The number of hydrogen-bond donors (Lipinski definition) is 1. The van der Waals surface area contributed by atoms with Crippen molar-refractivity contribution in [2.45, 2.75) is 74.4 Å². The van der Waals surface area contributed by atoms with Crippen molar-refractivity contribution in [3.63, 3.8) is 0 Å². The van der Waals surface area contributed by atoms with E-state index in [4.69, 9.17) is 0 Å². The van der Waals surface area contributed by atoms with Gasteiger partial charge in [0.2, 0.25) is 0 Å². The maximum Gasteiger partial charge on any atom is 0.416 e. The quantitative estimate of drug-likeness (QED) is 0.797. The number of sulfone groups is 1. The first kappa shape index (κ1) is 21.5. The molecule has 27 heavy (non-hydrogen) atoms. The molecule has 1 aromatic carbocycles. The summed E-state index contributed by atoms with van der Waals surface area (Å²) in [7, 11) is -3.92. The lowest BCUT2D eigenvalue weighted by molar-refractivity contribution is -0.137. The molecule has 5 nitrogen and oxygen atoms in total. The molecular weight excluding hydrogens is 383 g/mol. The number of benzene rings is 1. The third-order valence-corrected chi connectivity index (χ3v) is 7.13. The lowest BCUT2D eigenvalue weighted by Gasteiger charge is -2.42. The van der Waals surface area contributed by atoms with E-state index in [1.807, 2.05) is 0 Å². The van der Waals surface area contributed by atoms with Crippen molar-refractivity contribution in [1.82, 2.24) is 4.90 Å². The van der Waals surface area contributed by atoms with Crippen LogP contribution in [-0.2, 0) is 16.0 Å². The molecule has 1 aliphatic rings. The number of carboxylic acid groups (broad SMARTS) is 1. The molecule has 0 saturated heterocycles. The fourth-order valence-electron chi connectivity index (χ4n) is 3.65. The molecule has 0 unspecified atom stereocenters. The number of nitrogens with zero attached hydrogens (tertiary/aromatic N) is 1. The highest BCUT2D eigenvalue weighted by molar-refractivity contribution is 7.92. The van der Waals surface area contributed by atoms with E-state index in [9.17, 15) is 31.5 Å². The molecular formula is C18H24F3NO4S. The van der Waals surface area contributed by atoms with Crippen LogP contribution >= 0.6 is 0 Å². The summed E-state index contributed by atoms with van der Waals surface area (Å²) in [6, 6.07) is 3.46. The minimum atomic E-state index is -4.61. The van der Waals surface area contributed by atoms with Gasteiger partial charge >= 0.3 is 12.3 Å². The first-order valence-corrected chi connectivity index (χ1v) is 10.2. The Morgan fingerprint density at radius 3 is 2.11 bits per heavy atom. The van der Waals surface area contributed by atoms with E-state index < -0.39 is 38.5 Å². The lowest BCUT2D eigenvalue weighted by atomic mass is 9.91. The van der Waals surface area contributed by atoms with Gasteiger partial charge in [0, 0.05) is 11.6 Å². The standard InChI is InChI=1S/C18H24F3NO4S/c1-17(2,3)22(16(23)24)13-7-9-14(10-8-13)27(25,26)15-6-4-5-12(11-15)18(19,20)21/h4-6,11,13-14H,7-10H2,1-3H3,(H,23,24)/t13-,14-. The molecule has 1 aliphatic carbocycles. The van der Waals surface area contributed by atoms with Crippen molar-refractivity contribution >= 4 is 15.9 Å². The summed E-state index contributed by atoms with van der Waals surface area (Å²) in [5.74, 6) is 0. The molecule has 0 spiro atoms. The van der Waals surface area contributed by atoms with Crippen LogP contribution in [0.4, 0.5) is 18.0 Å². The Labute approximate surface area is 157 Å². The van der Waals surface area contributed by atoms with Crippen molar-refractivity contribution in [2.75, 3.05) is 0 Å². The van der Waals surface area contributed by atoms with Gasteiger partial charge in [-0.1, -0.05) is 6.07 Å². The predicted molar refractivity (Wildman–Crippen MR) is 94.3 cm³/mol. The largest absolute Gasteiger partial charge is 0.465 e. The summed E-state index contributed by atoms with van der Waals surface area (Å²) in [5, 5.41) is 8.66. The zero-order valence-corrected chi connectivity index (χ0v) is 16.3. The molecule has 0 aromatic heterocycles. The summed E-state index contributed by atoms with van der Waals surface area (Å²) >= 11 is 0. The third kappa shape index (κ3) is 4.75. The zero-order chi connectivity index (χ0) is 20.6. The van der Waals surface area contributed by atoms with Gasteiger partial charge in [-0.3, -0.25) is 0 Å². The fraction of sp³-hybridized carbons (Fsp3) is 0.611. The highest BCUT2D eigenvalue weighted by Gasteiger charge is 2.39. The molecule has 1 aromatic rings. The van der Waals surface area contributed by atoms with Crippen molar-refractivity contribution in [3.8, 4) is 0 Å². The summed E-state index contributed by atoms with van der Waals surface area (Å²) in [4.78, 5) is 12.6. The Balaban J connectivity index is 2.19. The Morgan fingerprint density at radius 2 is 1.67 bits per heavy atom. The van der Waals surface area contributed by atoms with Gasteiger partial charge in [-0.25, -0.2) is 13.2 Å². The first-order valence-electron chi connectivity index (χ1n) is 8.68. The second-order valence-electron chi connectivity index (χ2n) is 7.82. The summed E-state index contributed by atoms with van der Waals surface area (Å²) in [6.45, 7) is 5.31. The molecule has 0 radical (unpaired) electrons. The SMILES string of the molecule is CC(C)(C)N(C(=O)O)[C@H]1CC[C@H](S(=O)(=O)c2cccc(C(F)(F)F)c2)CC1. The molecule has 0 atom stereocenters. The maximum absolute atomic E-state index is 12.9. The summed E-state index contributed by atoms with van der Waals surface area (Å²) in [5.41, 5.74) is -1.62. The van der Waals surface area contributed by atoms with Crippen LogP contribution in [0, 0.1) is 0 Å². The highest BCUT2D eigenvalue weighted by Crippen LogP contribution is 2.35. The van der Waals surface area contributed by atoms with Crippen molar-refractivity contribution in [1.29, 1.82) is 0 Å². The average molecular weight is 407 g/mol. The molecule has 0 heterocycles. The number of amides is 1. The second-order valence-corrected chi connectivity index (χ2v) is 10.1. The van der Waals surface area contributed by atoms with Crippen molar-refractivity contribution in [3.05, 3.63) is 29.8 Å². The van der Waals surface area contributed by atoms with E-state index in [-0.39, 0.29) is 23.8 Å². The summed E-state index contributed by atoms with van der Waals surface area (Å²) < 4.78 is 64.2. The normalized spacial score (nSPS) is 21.7. The fourth-order valence-corrected chi connectivity index (χ4v) is 5.48. The zero-order valence-electron chi connectivity index (χ0n) is 15.5. The van der Waals surface area contributed by atoms with E-state index in [1.54, 1.807) is 20.8 Å². The molecule has 0 aliphatic heterocycles. The number of rotatable bonds is 3. The maximum atomic E-state index is 12.9. The van der Waals surface area contributed by atoms with Crippen LogP contribution in [0.2, 0.25) is 0 Å². The van der Waals surface area contributed by atoms with Gasteiger partial charge in [-0.15, -0.1) is 0 Å². The molecule has 1 N–H and O–H groups in total. The van der Waals surface area contributed by atoms with Crippen LogP contribution in [0.3, 0.4) is 0 Å². The lowest BCUT2D eigenvalue weighted by Crippen LogP contribution is -2.52. The monoisotopic (exact) mass is 407 g/mol.